The van der Waals surface area contributed by atoms with Crippen LogP contribution in [-0.2, 0) is 6.54 Å². The molecule has 16 heavy (non-hydrogen) atoms. The van der Waals surface area contributed by atoms with Gasteiger partial charge in [-0.2, -0.15) is 0 Å². The van der Waals surface area contributed by atoms with E-state index >= 15 is 0 Å². The molecule has 0 spiro atoms. The molecule has 2 rings (SSSR count). The molecule has 0 aromatic carbocycles. The predicted molar refractivity (Wildman–Crippen MR) is 64.1 cm³/mol. The molecule has 1 heterocycles. The Labute approximate surface area is 97.5 Å². The number of hydrogen-bond acceptors (Lipinski definition) is 3. The van der Waals surface area contributed by atoms with Crippen molar-refractivity contribution in [1.29, 1.82) is 0 Å². The molecule has 0 radical (unpaired) electrons. The van der Waals surface area contributed by atoms with Crippen molar-refractivity contribution >= 4 is 0 Å². The van der Waals surface area contributed by atoms with Crippen LogP contribution in [0.5, 0.6) is 0 Å². The molecule has 0 aliphatic heterocycles. The van der Waals surface area contributed by atoms with Crippen molar-refractivity contribution in [2.45, 2.75) is 64.6 Å². The molecule has 0 amide bonds. The summed E-state index contributed by atoms with van der Waals surface area (Å²) in [5.41, 5.74) is 0. The summed E-state index contributed by atoms with van der Waals surface area (Å²) in [5, 5.41) is 11.7. The Hall–Kier alpha value is -0.900. The number of rotatable bonds is 5. The van der Waals surface area contributed by atoms with E-state index < -0.39 is 0 Å². The lowest BCUT2D eigenvalue weighted by atomic mass is 10.2. The molecule has 90 valence electrons. The topological polar surface area (TPSA) is 42.7 Å². The Morgan fingerprint density at radius 2 is 2.25 bits per heavy atom. The number of nitrogens with one attached hydrogen (secondary N) is 1. The highest BCUT2D eigenvalue weighted by Gasteiger charge is 2.19. The van der Waals surface area contributed by atoms with Crippen LogP contribution in [-0.4, -0.2) is 20.8 Å². The first kappa shape index (κ1) is 11.6. The van der Waals surface area contributed by atoms with Crippen molar-refractivity contribution in [2.75, 3.05) is 0 Å². The van der Waals surface area contributed by atoms with Crippen molar-refractivity contribution in [3.05, 3.63) is 12.2 Å². The van der Waals surface area contributed by atoms with Gasteiger partial charge < -0.3 is 9.88 Å². The fourth-order valence-corrected chi connectivity index (χ4v) is 2.29. The maximum absolute atomic E-state index is 4.22. The molecular weight excluding hydrogens is 200 g/mol. The van der Waals surface area contributed by atoms with E-state index in [0.717, 1.165) is 18.8 Å². The Balaban J connectivity index is 1.95. The lowest BCUT2D eigenvalue weighted by Gasteiger charge is -2.15. The van der Waals surface area contributed by atoms with Crippen LogP contribution in [0, 0.1) is 0 Å². The zero-order chi connectivity index (χ0) is 11.4. The molecular formula is C12H22N4. The predicted octanol–water partition coefficient (Wildman–Crippen LogP) is 2.28. The van der Waals surface area contributed by atoms with Crippen LogP contribution < -0.4 is 5.32 Å². The number of aromatic nitrogens is 3. The van der Waals surface area contributed by atoms with E-state index in [1.54, 1.807) is 0 Å². The second-order valence-corrected chi connectivity index (χ2v) is 4.78. The van der Waals surface area contributed by atoms with Gasteiger partial charge >= 0.3 is 0 Å². The van der Waals surface area contributed by atoms with Gasteiger partial charge in [-0.25, -0.2) is 0 Å². The number of nitrogens with zero attached hydrogens (tertiary/aromatic N) is 3. The summed E-state index contributed by atoms with van der Waals surface area (Å²) < 4.78 is 2.27. The molecule has 1 unspecified atom stereocenters. The Morgan fingerprint density at radius 3 is 2.94 bits per heavy atom. The Bertz CT molecular complexity index is 315. The summed E-state index contributed by atoms with van der Waals surface area (Å²) in [5.74, 6) is 1.09. The molecule has 1 aromatic rings. The Morgan fingerprint density at radius 1 is 1.50 bits per heavy atom. The van der Waals surface area contributed by atoms with E-state index in [4.69, 9.17) is 0 Å². The zero-order valence-corrected chi connectivity index (χ0v) is 10.3. The lowest BCUT2D eigenvalue weighted by Crippen LogP contribution is -2.26. The second kappa shape index (κ2) is 5.43. The third-order valence-electron chi connectivity index (χ3n) is 3.59. The highest BCUT2D eigenvalue weighted by molar-refractivity contribution is 4.91. The molecule has 1 fully saturated rings. The molecule has 1 N–H and O–H groups in total. The van der Waals surface area contributed by atoms with Gasteiger partial charge in [-0.15, -0.1) is 10.2 Å². The van der Waals surface area contributed by atoms with Gasteiger partial charge in [0.25, 0.3) is 0 Å². The summed E-state index contributed by atoms with van der Waals surface area (Å²) >= 11 is 0. The van der Waals surface area contributed by atoms with E-state index in [1.807, 2.05) is 6.33 Å². The molecule has 1 aliphatic rings. The van der Waals surface area contributed by atoms with Gasteiger partial charge in [0, 0.05) is 12.1 Å². The largest absolute Gasteiger partial charge is 0.313 e. The first-order chi connectivity index (χ1) is 7.81. The van der Waals surface area contributed by atoms with Crippen LogP contribution in [0.3, 0.4) is 0 Å². The molecule has 1 saturated carbocycles. The fraction of sp³-hybridized carbons (Fsp3) is 0.833. The average Bonchev–Trinajstić information content (AvgIpc) is 2.95. The third-order valence-corrected chi connectivity index (χ3v) is 3.59. The maximum atomic E-state index is 4.22. The third kappa shape index (κ3) is 2.61. The zero-order valence-electron chi connectivity index (χ0n) is 10.3. The summed E-state index contributed by atoms with van der Waals surface area (Å²) in [7, 11) is 0. The average molecular weight is 222 g/mol. The summed E-state index contributed by atoms with van der Waals surface area (Å²) in [6.45, 7) is 5.24. The highest BCUT2D eigenvalue weighted by atomic mass is 15.3. The maximum Gasteiger partial charge on any atom is 0.147 e. The van der Waals surface area contributed by atoms with Gasteiger partial charge in [0.05, 0.1) is 6.54 Å². The van der Waals surface area contributed by atoms with E-state index in [1.165, 1.54) is 25.7 Å². The van der Waals surface area contributed by atoms with E-state index in [2.05, 4.69) is 33.9 Å². The van der Waals surface area contributed by atoms with Crippen molar-refractivity contribution < 1.29 is 0 Å². The first-order valence-corrected chi connectivity index (χ1v) is 6.43. The van der Waals surface area contributed by atoms with Crippen molar-refractivity contribution in [2.24, 2.45) is 0 Å². The summed E-state index contributed by atoms with van der Waals surface area (Å²) in [4.78, 5) is 0. The Kier molecular flexibility index (Phi) is 3.93. The normalized spacial score (nSPS) is 19.1. The standard InChI is InChI=1S/C12H22N4/c1-3-10(2)13-8-12-15-14-9-16(12)11-6-4-5-7-11/h9-11,13H,3-8H2,1-2H3. The van der Waals surface area contributed by atoms with Crippen LogP contribution in [0.15, 0.2) is 6.33 Å². The van der Waals surface area contributed by atoms with E-state index in [0.29, 0.717) is 12.1 Å². The minimum Gasteiger partial charge on any atom is -0.313 e. The molecule has 1 aliphatic carbocycles. The van der Waals surface area contributed by atoms with E-state index in [9.17, 15) is 0 Å². The van der Waals surface area contributed by atoms with Crippen molar-refractivity contribution in [3.8, 4) is 0 Å². The van der Waals surface area contributed by atoms with Crippen LogP contribution >= 0.6 is 0 Å². The summed E-state index contributed by atoms with van der Waals surface area (Å²) in [6, 6.07) is 1.19. The monoisotopic (exact) mass is 222 g/mol. The first-order valence-electron chi connectivity index (χ1n) is 6.43. The molecule has 4 nitrogen and oxygen atoms in total. The van der Waals surface area contributed by atoms with Crippen LogP contribution in [0.2, 0.25) is 0 Å². The lowest BCUT2D eigenvalue weighted by molar-refractivity contribution is 0.463. The molecule has 0 bridgehead atoms. The molecule has 4 heteroatoms. The van der Waals surface area contributed by atoms with Gasteiger partial charge in [-0.1, -0.05) is 19.8 Å². The SMILES string of the molecule is CCC(C)NCc1nncn1C1CCCC1. The van der Waals surface area contributed by atoms with Gasteiger partial charge in [0.15, 0.2) is 0 Å². The molecule has 1 atom stereocenters. The van der Waals surface area contributed by atoms with Gasteiger partial charge in [-0.05, 0) is 26.2 Å². The van der Waals surface area contributed by atoms with Crippen molar-refractivity contribution in [1.82, 2.24) is 20.1 Å². The smallest absolute Gasteiger partial charge is 0.147 e. The quantitative estimate of drug-likeness (QED) is 0.831. The van der Waals surface area contributed by atoms with Crippen LogP contribution in [0.25, 0.3) is 0 Å². The van der Waals surface area contributed by atoms with Gasteiger partial charge in [0.2, 0.25) is 0 Å². The minimum atomic E-state index is 0.550. The van der Waals surface area contributed by atoms with Crippen LogP contribution in [0.1, 0.15) is 57.8 Å². The van der Waals surface area contributed by atoms with Gasteiger partial charge in [0.1, 0.15) is 12.2 Å². The second-order valence-electron chi connectivity index (χ2n) is 4.78. The molecule has 1 aromatic heterocycles. The molecule has 0 saturated heterocycles. The van der Waals surface area contributed by atoms with Crippen LogP contribution in [0.4, 0.5) is 0 Å². The number of hydrogen-bond donors (Lipinski definition) is 1. The van der Waals surface area contributed by atoms with Crippen molar-refractivity contribution in [3.63, 3.8) is 0 Å². The van der Waals surface area contributed by atoms with Gasteiger partial charge in [-0.3, -0.25) is 0 Å². The fourth-order valence-electron chi connectivity index (χ4n) is 2.29. The summed E-state index contributed by atoms with van der Waals surface area (Å²) in [6.07, 6.45) is 8.31. The minimum absolute atomic E-state index is 0.550. The highest BCUT2D eigenvalue weighted by Crippen LogP contribution is 2.29. The van der Waals surface area contributed by atoms with E-state index in [-0.39, 0.29) is 0 Å².